The van der Waals surface area contributed by atoms with Crippen LogP contribution in [0.25, 0.3) is 0 Å². The van der Waals surface area contributed by atoms with Crippen LogP contribution in [0.15, 0.2) is 47.7 Å². The van der Waals surface area contributed by atoms with E-state index in [0.29, 0.717) is 28.8 Å². The standard InChI is InChI=1S/C32H41FN8O2/c1-20(2)21-10-14-32(15-11-21)36-28(24-16-25(33)18-34-17-24)30(43)41(32)26(12-13-31(3,4)5)22-6-8-23(9-7-22)29(42)35-19-27-37-39-40-38-27/h6-9,16-18,20-21,26H,10-15,19H2,1-5H3,(H,35,42)(H,37,38,39,40). The summed E-state index contributed by atoms with van der Waals surface area (Å²) in [7, 11) is 0. The van der Waals surface area contributed by atoms with Crippen molar-refractivity contribution in [3.8, 4) is 0 Å². The summed E-state index contributed by atoms with van der Waals surface area (Å²) in [6.45, 7) is 11.2. The fourth-order valence-corrected chi connectivity index (χ4v) is 6.29. The Morgan fingerprint density at radius 3 is 2.49 bits per heavy atom. The number of tetrazole rings is 1. The van der Waals surface area contributed by atoms with E-state index in [-0.39, 0.29) is 35.5 Å². The fourth-order valence-electron chi connectivity index (χ4n) is 6.29. The number of rotatable bonds is 9. The highest BCUT2D eigenvalue weighted by Gasteiger charge is 2.52. The zero-order valence-electron chi connectivity index (χ0n) is 25.6. The zero-order chi connectivity index (χ0) is 30.8. The average molecular weight is 589 g/mol. The number of aromatic amines is 1. The molecule has 2 N–H and O–H groups in total. The van der Waals surface area contributed by atoms with Crippen molar-refractivity contribution in [2.75, 3.05) is 0 Å². The molecule has 3 heterocycles. The van der Waals surface area contributed by atoms with E-state index in [1.165, 1.54) is 12.3 Å². The molecule has 2 aromatic heterocycles. The van der Waals surface area contributed by atoms with Crippen LogP contribution in [-0.4, -0.2) is 53.7 Å². The molecule has 1 unspecified atom stereocenters. The minimum atomic E-state index is -0.715. The van der Waals surface area contributed by atoms with E-state index in [9.17, 15) is 14.0 Å². The van der Waals surface area contributed by atoms with E-state index in [2.05, 4.69) is 65.5 Å². The molecule has 2 amide bonds. The highest BCUT2D eigenvalue weighted by molar-refractivity contribution is 6.46. The van der Waals surface area contributed by atoms with Gasteiger partial charge in [-0.25, -0.2) is 4.39 Å². The van der Waals surface area contributed by atoms with Crippen molar-refractivity contribution >= 4 is 17.5 Å². The predicted octanol–water partition coefficient (Wildman–Crippen LogP) is 5.41. The number of pyridine rings is 1. The van der Waals surface area contributed by atoms with Gasteiger partial charge in [-0.2, -0.15) is 5.21 Å². The summed E-state index contributed by atoms with van der Waals surface area (Å²) in [5.41, 5.74) is 1.42. The maximum atomic E-state index is 14.4. The largest absolute Gasteiger partial charge is 0.345 e. The van der Waals surface area contributed by atoms with Crippen LogP contribution in [0.2, 0.25) is 0 Å². The number of aliphatic imine (C=N–C) groups is 1. The lowest BCUT2D eigenvalue weighted by Gasteiger charge is -2.46. The molecule has 1 spiro atoms. The van der Waals surface area contributed by atoms with Gasteiger partial charge in [-0.3, -0.25) is 19.6 Å². The number of H-pyrrole nitrogens is 1. The second-order valence-corrected chi connectivity index (χ2v) is 13.3. The summed E-state index contributed by atoms with van der Waals surface area (Å²) in [6.07, 6.45) is 7.66. The maximum absolute atomic E-state index is 14.4. The molecule has 228 valence electrons. The Labute approximate surface area is 252 Å². The van der Waals surface area contributed by atoms with Crippen LogP contribution < -0.4 is 5.32 Å². The number of aromatic nitrogens is 5. The Morgan fingerprint density at radius 1 is 1.16 bits per heavy atom. The van der Waals surface area contributed by atoms with Gasteiger partial charge in [0.1, 0.15) is 17.2 Å². The summed E-state index contributed by atoms with van der Waals surface area (Å²) in [4.78, 5) is 38.3. The van der Waals surface area contributed by atoms with Crippen LogP contribution in [0.3, 0.4) is 0 Å². The topological polar surface area (TPSA) is 129 Å². The average Bonchev–Trinajstić information content (AvgIpc) is 3.59. The third-order valence-electron chi connectivity index (χ3n) is 8.78. The normalized spacial score (nSPS) is 21.4. The molecule has 0 bridgehead atoms. The van der Waals surface area contributed by atoms with Gasteiger partial charge in [0.05, 0.1) is 18.8 Å². The molecular weight excluding hydrogens is 547 g/mol. The SMILES string of the molecule is CC(C)C1CCC2(CC1)N=C(c1cncc(F)c1)C(=O)N2C(CCC(C)(C)C)c1ccc(C(=O)NCc2nn[nH]n2)cc1. The number of amides is 2. The Balaban J connectivity index is 1.48. The van der Waals surface area contributed by atoms with Gasteiger partial charge in [-0.05, 0) is 79.5 Å². The van der Waals surface area contributed by atoms with Crippen molar-refractivity contribution in [2.24, 2.45) is 22.2 Å². The van der Waals surface area contributed by atoms with Gasteiger partial charge in [0.25, 0.3) is 11.8 Å². The van der Waals surface area contributed by atoms with Crippen LogP contribution in [-0.2, 0) is 11.3 Å². The minimum Gasteiger partial charge on any atom is -0.345 e. The van der Waals surface area contributed by atoms with Crippen molar-refractivity contribution in [1.82, 2.24) is 35.8 Å². The van der Waals surface area contributed by atoms with E-state index < -0.39 is 11.5 Å². The van der Waals surface area contributed by atoms with Gasteiger partial charge in [-0.1, -0.05) is 52.0 Å². The Morgan fingerprint density at radius 2 is 1.88 bits per heavy atom. The van der Waals surface area contributed by atoms with Gasteiger partial charge >= 0.3 is 0 Å². The van der Waals surface area contributed by atoms with E-state index in [4.69, 9.17) is 4.99 Å². The van der Waals surface area contributed by atoms with E-state index in [1.54, 1.807) is 12.1 Å². The number of nitrogens with one attached hydrogen (secondary N) is 2. The van der Waals surface area contributed by atoms with Crippen molar-refractivity contribution in [3.63, 3.8) is 0 Å². The summed E-state index contributed by atoms with van der Waals surface area (Å²) in [5.74, 6) is 0.553. The monoisotopic (exact) mass is 588 g/mol. The lowest BCUT2D eigenvalue weighted by atomic mass is 9.75. The van der Waals surface area contributed by atoms with Gasteiger partial charge in [-0.15, -0.1) is 10.2 Å². The predicted molar refractivity (Wildman–Crippen MR) is 160 cm³/mol. The van der Waals surface area contributed by atoms with Crippen LogP contribution in [0.1, 0.15) is 106 Å². The van der Waals surface area contributed by atoms with E-state index in [1.807, 2.05) is 17.0 Å². The fraction of sp³-hybridized carbons (Fsp3) is 0.531. The molecule has 10 nitrogen and oxygen atoms in total. The van der Waals surface area contributed by atoms with Crippen LogP contribution in [0.5, 0.6) is 0 Å². The quantitative estimate of drug-likeness (QED) is 0.344. The highest BCUT2D eigenvalue weighted by Crippen LogP contribution is 2.48. The zero-order valence-corrected chi connectivity index (χ0v) is 25.6. The third-order valence-corrected chi connectivity index (χ3v) is 8.78. The third kappa shape index (κ3) is 6.81. The first-order valence-electron chi connectivity index (χ1n) is 15.1. The van der Waals surface area contributed by atoms with Gasteiger partial charge in [0.15, 0.2) is 5.82 Å². The van der Waals surface area contributed by atoms with E-state index >= 15 is 0 Å². The Kier molecular flexibility index (Phi) is 8.71. The smallest absolute Gasteiger partial charge is 0.275 e. The molecule has 1 aliphatic carbocycles. The van der Waals surface area contributed by atoms with Crippen LogP contribution in [0, 0.1) is 23.1 Å². The van der Waals surface area contributed by atoms with Crippen LogP contribution >= 0.6 is 0 Å². The first-order valence-corrected chi connectivity index (χ1v) is 15.1. The molecule has 11 heteroatoms. The molecular formula is C32H41FN8O2. The molecule has 5 rings (SSSR count). The number of carbonyl (C=O) groups excluding carboxylic acids is 2. The van der Waals surface area contributed by atoms with Crippen molar-refractivity contribution in [1.29, 1.82) is 0 Å². The molecule has 1 saturated carbocycles. The molecule has 1 aromatic carbocycles. The lowest BCUT2D eigenvalue weighted by Crippen LogP contribution is -2.51. The number of nitrogens with zero attached hydrogens (tertiary/aromatic N) is 6. The molecule has 1 atom stereocenters. The number of carbonyl (C=O) groups is 2. The Hall–Kier alpha value is -4.02. The maximum Gasteiger partial charge on any atom is 0.275 e. The Bertz CT molecular complexity index is 1460. The molecule has 1 aliphatic heterocycles. The number of hydrogen-bond donors (Lipinski definition) is 2. The second-order valence-electron chi connectivity index (χ2n) is 13.3. The first-order chi connectivity index (χ1) is 20.5. The molecule has 43 heavy (non-hydrogen) atoms. The summed E-state index contributed by atoms with van der Waals surface area (Å²) >= 11 is 0. The molecule has 2 aliphatic rings. The summed E-state index contributed by atoms with van der Waals surface area (Å²) in [6, 6.07) is 8.49. The molecule has 1 fully saturated rings. The van der Waals surface area contributed by atoms with Crippen molar-refractivity contribution in [3.05, 3.63) is 71.1 Å². The highest BCUT2D eigenvalue weighted by atomic mass is 19.1. The first kappa shape index (κ1) is 30.4. The number of halogens is 1. The lowest BCUT2D eigenvalue weighted by molar-refractivity contribution is -0.133. The number of benzene rings is 1. The van der Waals surface area contributed by atoms with Crippen LogP contribution in [0.4, 0.5) is 4.39 Å². The second kappa shape index (κ2) is 12.3. The van der Waals surface area contributed by atoms with Gasteiger partial charge in [0.2, 0.25) is 0 Å². The van der Waals surface area contributed by atoms with Crippen molar-refractivity contribution in [2.45, 2.75) is 91.4 Å². The molecule has 0 saturated heterocycles. The molecule has 3 aromatic rings. The van der Waals surface area contributed by atoms with Gasteiger partial charge in [0, 0.05) is 17.3 Å². The van der Waals surface area contributed by atoms with Gasteiger partial charge < -0.3 is 10.2 Å². The minimum absolute atomic E-state index is 0.0363. The summed E-state index contributed by atoms with van der Waals surface area (Å²) in [5, 5.41) is 16.4. The van der Waals surface area contributed by atoms with E-state index in [0.717, 1.165) is 50.3 Å². The summed E-state index contributed by atoms with van der Waals surface area (Å²) < 4.78 is 14.2. The van der Waals surface area contributed by atoms with Crippen molar-refractivity contribution < 1.29 is 14.0 Å². The number of hydrogen-bond acceptors (Lipinski definition) is 7. The molecule has 0 radical (unpaired) electrons.